The number of nitrogens with zero attached hydrogens (tertiary/aromatic N) is 2. The topological polar surface area (TPSA) is 56.9 Å². The fraction of sp³-hybridized carbons (Fsp3) is 0.615. The highest BCUT2D eigenvalue weighted by atomic mass is 16.5. The third-order valence-electron chi connectivity index (χ3n) is 5.53. The predicted molar refractivity (Wildman–Crippen MR) is 125 cm³/mol. The average molecular weight is 427 g/mol. The van der Waals surface area contributed by atoms with Crippen molar-refractivity contribution in [2.45, 2.75) is 85.0 Å². The monoisotopic (exact) mass is 426 g/mol. The van der Waals surface area contributed by atoms with Crippen LogP contribution in [-0.4, -0.2) is 30.8 Å². The summed E-state index contributed by atoms with van der Waals surface area (Å²) in [6, 6.07) is 6.43. The summed E-state index contributed by atoms with van der Waals surface area (Å²) < 4.78 is 17.6. The quantitative estimate of drug-likeness (QED) is 0.475. The minimum atomic E-state index is -0.0470. The fourth-order valence-electron chi connectivity index (χ4n) is 3.82. The number of ether oxygens (including phenoxy) is 2. The normalized spacial score (nSPS) is 14.5. The van der Waals surface area contributed by atoms with Gasteiger partial charge in [0.1, 0.15) is 18.1 Å². The van der Waals surface area contributed by atoms with E-state index in [0.29, 0.717) is 13.2 Å². The lowest BCUT2D eigenvalue weighted by Crippen LogP contribution is -2.21. The zero-order chi connectivity index (χ0) is 22.6. The van der Waals surface area contributed by atoms with Crippen LogP contribution in [0.15, 0.2) is 27.7 Å². The van der Waals surface area contributed by atoms with E-state index >= 15 is 0 Å². The number of hydrogen-bond acceptors (Lipinski definition) is 5. The number of unbranched alkanes of at least 4 members (excludes halogenated alkanes) is 2. The molecule has 0 amide bonds. The molecule has 1 aliphatic heterocycles. The van der Waals surface area contributed by atoms with Gasteiger partial charge < -0.3 is 14.0 Å². The van der Waals surface area contributed by atoms with Crippen LogP contribution in [0.3, 0.4) is 0 Å². The summed E-state index contributed by atoms with van der Waals surface area (Å²) >= 11 is 0. The van der Waals surface area contributed by atoms with Gasteiger partial charge in [-0.2, -0.15) is 0 Å². The molecule has 0 fully saturated rings. The van der Waals surface area contributed by atoms with Crippen LogP contribution >= 0.6 is 0 Å². The standard InChI is InChI=1S/C26H38N2O3/c1-18-15-20(31-28-18)11-9-8-10-13-29-23-21(25(2,3)4)16-19(24-27-12-14-30-24)17-22(23)26(5,6)7/h15-17H,8-14H2,1-7H3. The van der Waals surface area contributed by atoms with Gasteiger partial charge in [-0.05, 0) is 49.1 Å². The van der Waals surface area contributed by atoms with Crippen molar-refractivity contribution in [2.75, 3.05) is 19.8 Å². The Labute approximate surface area is 187 Å². The summed E-state index contributed by atoms with van der Waals surface area (Å²) in [6.45, 7) is 17.5. The average Bonchev–Trinajstić information content (AvgIpc) is 3.34. The molecule has 0 saturated heterocycles. The number of aryl methyl sites for hydroxylation is 2. The van der Waals surface area contributed by atoms with Crippen molar-refractivity contribution in [3.63, 3.8) is 0 Å². The Morgan fingerprint density at radius 3 is 2.13 bits per heavy atom. The van der Waals surface area contributed by atoms with E-state index in [1.165, 1.54) is 11.1 Å². The first-order chi connectivity index (χ1) is 14.6. The maximum Gasteiger partial charge on any atom is 0.216 e. The molecule has 1 aromatic heterocycles. The first kappa shape index (κ1) is 23.4. The summed E-state index contributed by atoms with van der Waals surface area (Å²) in [5, 5.41) is 3.96. The molecule has 0 atom stereocenters. The van der Waals surface area contributed by atoms with Crippen molar-refractivity contribution in [2.24, 2.45) is 4.99 Å². The fourth-order valence-corrected chi connectivity index (χ4v) is 3.82. The lowest BCUT2D eigenvalue weighted by atomic mass is 9.78. The van der Waals surface area contributed by atoms with Crippen molar-refractivity contribution in [1.29, 1.82) is 0 Å². The van der Waals surface area contributed by atoms with Gasteiger partial charge in [0.25, 0.3) is 0 Å². The van der Waals surface area contributed by atoms with Gasteiger partial charge in [-0.3, -0.25) is 0 Å². The van der Waals surface area contributed by atoms with Gasteiger partial charge in [-0.25, -0.2) is 4.99 Å². The Bertz CT molecular complexity index is 878. The maximum atomic E-state index is 6.48. The van der Waals surface area contributed by atoms with Crippen molar-refractivity contribution in [3.05, 3.63) is 46.3 Å². The molecule has 2 aromatic rings. The molecule has 0 radical (unpaired) electrons. The van der Waals surface area contributed by atoms with Gasteiger partial charge in [-0.15, -0.1) is 0 Å². The summed E-state index contributed by atoms with van der Waals surface area (Å²) in [4.78, 5) is 4.55. The molecular weight excluding hydrogens is 388 g/mol. The molecule has 31 heavy (non-hydrogen) atoms. The second-order valence-electron chi connectivity index (χ2n) is 10.5. The van der Waals surface area contributed by atoms with Crippen LogP contribution in [0, 0.1) is 6.92 Å². The number of rotatable bonds is 8. The molecule has 5 nitrogen and oxygen atoms in total. The molecule has 3 rings (SSSR count). The van der Waals surface area contributed by atoms with E-state index in [0.717, 1.165) is 60.9 Å². The van der Waals surface area contributed by atoms with E-state index in [9.17, 15) is 0 Å². The molecule has 1 aromatic carbocycles. The minimum Gasteiger partial charge on any atom is -0.493 e. The van der Waals surface area contributed by atoms with Crippen LogP contribution in [-0.2, 0) is 22.0 Å². The number of aliphatic imine (C=N–C) groups is 1. The van der Waals surface area contributed by atoms with Gasteiger partial charge in [0.05, 0.1) is 18.8 Å². The highest BCUT2D eigenvalue weighted by Gasteiger charge is 2.29. The lowest BCUT2D eigenvalue weighted by Gasteiger charge is -2.30. The van der Waals surface area contributed by atoms with E-state index in [2.05, 4.69) is 63.8 Å². The Morgan fingerprint density at radius 1 is 0.935 bits per heavy atom. The van der Waals surface area contributed by atoms with E-state index in [-0.39, 0.29) is 10.8 Å². The van der Waals surface area contributed by atoms with Crippen LogP contribution in [0.5, 0.6) is 5.75 Å². The second kappa shape index (κ2) is 9.46. The Hall–Kier alpha value is -2.30. The number of aromatic nitrogens is 1. The molecule has 0 spiro atoms. The molecule has 5 heteroatoms. The first-order valence-corrected chi connectivity index (χ1v) is 11.5. The molecule has 1 aliphatic rings. The zero-order valence-corrected chi connectivity index (χ0v) is 20.3. The molecular formula is C26H38N2O3. The Morgan fingerprint density at radius 2 is 1.61 bits per heavy atom. The number of hydrogen-bond donors (Lipinski definition) is 0. The lowest BCUT2D eigenvalue weighted by molar-refractivity contribution is 0.288. The Balaban J connectivity index is 1.74. The van der Waals surface area contributed by atoms with Gasteiger partial charge in [0, 0.05) is 29.2 Å². The molecule has 2 heterocycles. The largest absolute Gasteiger partial charge is 0.493 e. The third kappa shape index (κ3) is 6.11. The van der Waals surface area contributed by atoms with E-state index in [4.69, 9.17) is 14.0 Å². The zero-order valence-electron chi connectivity index (χ0n) is 20.3. The highest BCUT2D eigenvalue weighted by Crippen LogP contribution is 2.41. The van der Waals surface area contributed by atoms with Gasteiger partial charge >= 0.3 is 0 Å². The molecule has 0 bridgehead atoms. The van der Waals surface area contributed by atoms with Crippen molar-refractivity contribution in [1.82, 2.24) is 5.16 Å². The number of benzene rings is 1. The molecule has 170 valence electrons. The molecule has 0 saturated carbocycles. The first-order valence-electron chi connectivity index (χ1n) is 11.5. The van der Waals surface area contributed by atoms with Crippen LogP contribution < -0.4 is 4.74 Å². The van der Waals surface area contributed by atoms with Gasteiger partial charge in [0.15, 0.2) is 0 Å². The molecule has 0 N–H and O–H groups in total. The summed E-state index contributed by atoms with van der Waals surface area (Å²) in [5.74, 6) is 2.74. The van der Waals surface area contributed by atoms with Crippen molar-refractivity contribution < 1.29 is 14.0 Å². The van der Waals surface area contributed by atoms with Gasteiger partial charge in [-0.1, -0.05) is 46.7 Å². The summed E-state index contributed by atoms with van der Waals surface area (Å²) in [7, 11) is 0. The van der Waals surface area contributed by atoms with E-state index in [1.807, 2.05) is 13.0 Å². The highest BCUT2D eigenvalue weighted by molar-refractivity contribution is 5.95. The maximum absolute atomic E-state index is 6.48. The van der Waals surface area contributed by atoms with Crippen LogP contribution in [0.2, 0.25) is 0 Å². The van der Waals surface area contributed by atoms with Crippen molar-refractivity contribution in [3.8, 4) is 5.75 Å². The van der Waals surface area contributed by atoms with Crippen molar-refractivity contribution >= 4 is 5.90 Å². The molecule has 0 aliphatic carbocycles. The molecule has 0 unspecified atom stereocenters. The second-order valence-corrected chi connectivity index (χ2v) is 10.5. The van der Waals surface area contributed by atoms with Gasteiger partial charge in [0.2, 0.25) is 5.90 Å². The van der Waals surface area contributed by atoms with E-state index < -0.39 is 0 Å². The van der Waals surface area contributed by atoms with Crippen LogP contribution in [0.1, 0.15) is 88.9 Å². The summed E-state index contributed by atoms with van der Waals surface area (Å²) in [6.07, 6.45) is 4.11. The Kier molecular flexibility index (Phi) is 7.13. The summed E-state index contributed by atoms with van der Waals surface area (Å²) in [5.41, 5.74) is 4.33. The van der Waals surface area contributed by atoms with Crippen LogP contribution in [0.4, 0.5) is 0 Å². The van der Waals surface area contributed by atoms with Crippen LogP contribution in [0.25, 0.3) is 0 Å². The third-order valence-corrected chi connectivity index (χ3v) is 5.53. The predicted octanol–water partition coefficient (Wildman–Crippen LogP) is 6.15. The van der Waals surface area contributed by atoms with E-state index in [1.54, 1.807) is 0 Å². The smallest absolute Gasteiger partial charge is 0.216 e. The SMILES string of the molecule is Cc1cc(CCCCCOc2c(C(C)(C)C)cc(C3=NCCO3)cc2C(C)(C)C)on1. The minimum absolute atomic E-state index is 0.0470.